The summed E-state index contributed by atoms with van der Waals surface area (Å²) in [7, 11) is 0. The molecule has 5 nitrogen and oxygen atoms in total. The van der Waals surface area contributed by atoms with E-state index in [-0.39, 0.29) is 0 Å². The normalized spacial score (nSPS) is 17.6. The number of pyridine rings is 1. The van der Waals surface area contributed by atoms with Gasteiger partial charge >= 0.3 is 0 Å². The fourth-order valence-electron chi connectivity index (χ4n) is 2.15. The van der Waals surface area contributed by atoms with Gasteiger partial charge in [-0.2, -0.15) is 5.26 Å². The third kappa shape index (κ3) is 2.66. The second-order valence-corrected chi connectivity index (χ2v) is 4.56. The van der Waals surface area contributed by atoms with Gasteiger partial charge < -0.3 is 16.2 Å². The summed E-state index contributed by atoms with van der Waals surface area (Å²) in [5.41, 5.74) is 6.00. The lowest BCUT2D eigenvalue weighted by molar-refractivity contribution is 0.0614. The third-order valence-electron chi connectivity index (χ3n) is 3.17. The van der Waals surface area contributed by atoms with E-state index in [0.29, 0.717) is 23.6 Å². The van der Waals surface area contributed by atoms with Gasteiger partial charge in [0.2, 0.25) is 0 Å². The van der Waals surface area contributed by atoms with Crippen molar-refractivity contribution in [2.24, 2.45) is 0 Å². The predicted molar refractivity (Wildman–Crippen MR) is 65.3 cm³/mol. The molecule has 0 aliphatic heterocycles. The summed E-state index contributed by atoms with van der Waals surface area (Å²) in [5.74, 6) is 0.532. The van der Waals surface area contributed by atoms with E-state index in [1.165, 1.54) is 6.20 Å². The van der Waals surface area contributed by atoms with Crippen molar-refractivity contribution in [1.82, 2.24) is 4.98 Å². The molecule has 0 spiro atoms. The first-order chi connectivity index (χ1) is 8.13. The Kier molecular flexibility index (Phi) is 3.16. The molecule has 0 atom stereocenters. The molecule has 1 aliphatic rings. The van der Waals surface area contributed by atoms with E-state index >= 15 is 0 Å². The van der Waals surface area contributed by atoms with Gasteiger partial charge in [-0.1, -0.05) is 12.8 Å². The molecule has 2 rings (SSSR count). The van der Waals surface area contributed by atoms with Gasteiger partial charge in [-0.15, -0.1) is 0 Å². The first kappa shape index (κ1) is 11.7. The number of hydrogen-bond acceptors (Lipinski definition) is 5. The molecular formula is C12H16N4O. The highest BCUT2D eigenvalue weighted by atomic mass is 16.3. The van der Waals surface area contributed by atoms with Crippen molar-refractivity contribution in [1.29, 1.82) is 5.26 Å². The summed E-state index contributed by atoms with van der Waals surface area (Å²) in [6.45, 7) is 0.454. The van der Waals surface area contributed by atoms with Crippen LogP contribution < -0.4 is 11.1 Å². The van der Waals surface area contributed by atoms with Gasteiger partial charge in [0.15, 0.2) is 0 Å². The second kappa shape index (κ2) is 4.60. The number of nitrogens with two attached hydrogens (primary N) is 1. The Morgan fingerprint density at radius 2 is 2.24 bits per heavy atom. The Hall–Kier alpha value is -1.80. The summed E-state index contributed by atoms with van der Waals surface area (Å²) in [5, 5.41) is 21.9. The number of nitriles is 1. The summed E-state index contributed by atoms with van der Waals surface area (Å²) < 4.78 is 0. The highest BCUT2D eigenvalue weighted by Crippen LogP contribution is 2.30. The van der Waals surface area contributed by atoms with Gasteiger partial charge in [-0.05, 0) is 18.9 Å². The molecule has 0 unspecified atom stereocenters. The Bertz CT molecular complexity index is 446. The number of anilines is 2. The largest absolute Gasteiger partial charge is 0.396 e. The van der Waals surface area contributed by atoms with Crippen LogP contribution in [-0.2, 0) is 0 Å². The van der Waals surface area contributed by atoms with Crippen molar-refractivity contribution in [2.75, 3.05) is 17.6 Å². The molecule has 0 saturated heterocycles. The van der Waals surface area contributed by atoms with Gasteiger partial charge in [-0.25, -0.2) is 4.98 Å². The number of aliphatic hydroxyl groups is 1. The van der Waals surface area contributed by atoms with Gasteiger partial charge in [0.1, 0.15) is 11.9 Å². The lowest BCUT2D eigenvalue weighted by atomic mass is 10.0. The van der Waals surface area contributed by atoms with Crippen LogP contribution in [0, 0.1) is 11.3 Å². The summed E-state index contributed by atoms with van der Waals surface area (Å²) in [4.78, 5) is 4.07. The van der Waals surface area contributed by atoms with Gasteiger partial charge in [0.25, 0.3) is 0 Å². The molecule has 1 fully saturated rings. The fraction of sp³-hybridized carbons (Fsp3) is 0.500. The molecular weight excluding hydrogens is 216 g/mol. The number of rotatable bonds is 3. The topological polar surface area (TPSA) is 95.0 Å². The number of nitrogens with one attached hydrogen (secondary N) is 1. The third-order valence-corrected chi connectivity index (χ3v) is 3.17. The van der Waals surface area contributed by atoms with Crippen LogP contribution in [0.1, 0.15) is 31.2 Å². The van der Waals surface area contributed by atoms with Crippen LogP contribution in [0.3, 0.4) is 0 Å². The highest BCUT2D eigenvalue weighted by molar-refractivity contribution is 5.63. The van der Waals surface area contributed by atoms with E-state index in [4.69, 9.17) is 11.0 Å². The average Bonchev–Trinajstić information content (AvgIpc) is 2.75. The minimum Gasteiger partial charge on any atom is -0.396 e. The first-order valence-corrected chi connectivity index (χ1v) is 5.75. The summed E-state index contributed by atoms with van der Waals surface area (Å²) >= 11 is 0. The monoisotopic (exact) mass is 232 g/mol. The quantitative estimate of drug-likeness (QED) is 0.729. The molecule has 1 aromatic heterocycles. The van der Waals surface area contributed by atoms with Crippen LogP contribution in [0.2, 0.25) is 0 Å². The molecule has 1 aromatic rings. The lowest BCUT2D eigenvalue weighted by Gasteiger charge is -2.23. The van der Waals surface area contributed by atoms with Gasteiger partial charge in [-0.3, -0.25) is 0 Å². The molecule has 17 heavy (non-hydrogen) atoms. The van der Waals surface area contributed by atoms with Crippen molar-refractivity contribution >= 4 is 11.5 Å². The van der Waals surface area contributed by atoms with Gasteiger partial charge in [0, 0.05) is 12.7 Å². The fourth-order valence-corrected chi connectivity index (χ4v) is 2.15. The van der Waals surface area contributed by atoms with E-state index in [1.807, 2.05) is 6.07 Å². The van der Waals surface area contributed by atoms with E-state index in [1.54, 1.807) is 6.07 Å². The SMILES string of the molecule is N#Cc1cnc(NCC2(O)CCCC2)c(N)c1. The van der Waals surface area contributed by atoms with E-state index in [9.17, 15) is 5.11 Å². The smallest absolute Gasteiger partial charge is 0.149 e. The molecule has 0 amide bonds. The van der Waals surface area contributed by atoms with Crippen LogP contribution in [0.5, 0.6) is 0 Å². The zero-order valence-electron chi connectivity index (χ0n) is 9.61. The predicted octanol–water partition coefficient (Wildman–Crippen LogP) is 1.25. The van der Waals surface area contributed by atoms with Crippen molar-refractivity contribution < 1.29 is 5.11 Å². The van der Waals surface area contributed by atoms with Crippen LogP contribution in [0.15, 0.2) is 12.3 Å². The van der Waals surface area contributed by atoms with Crippen LogP contribution in [-0.4, -0.2) is 22.2 Å². The minimum atomic E-state index is -0.637. The molecule has 0 radical (unpaired) electrons. The zero-order chi connectivity index (χ0) is 12.3. The van der Waals surface area contributed by atoms with Crippen molar-refractivity contribution in [2.45, 2.75) is 31.3 Å². The van der Waals surface area contributed by atoms with E-state index in [2.05, 4.69) is 10.3 Å². The molecule has 0 bridgehead atoms. The first-order valence-electron chi connectivity index (χ1n) is 5.75. The molecule has 1 heterocycles. The number of hydrogen-bond donors (Lipinski definition) is 3. The summed E-state index contributed by atoms with van der Waals surface area (Å²) in [6, 6.07) is 3.56. The molecule has 4 N–H and O–H groups in total. The van der Waals surface area contributed by atoms with E-state index < -0.39 is 5.60 Å². The van der Waals surface area contributed by atoms with E-state index in [0.717, 1.165) is 25.7 Å². The van der Waals surface area contributed by atoms with Crippen molar-refractivity contribution in [3.63, 3.8) is 0 Å². The minimum absolute atomic E-state index is 0.436. The Morgan fingerprint density at radius 3 is 2.82 bits per heavy atom. The molecule has 1 saturated carbocycles. The maximum atomic E-state index is 10.2. The van der Waals surface area contributed by atoms with Crippen LogP contribution in [0.4, 0.5) is 11.5 Å². The second-order valence-electron chi connectivity index (χ2n) is 4.56. The Morgan fingerprint density at radius 1 is 1.53 bits per heavy atom. The average molecular weight is 232 g/mol. The summed E-state index contributed by atoms with van der Waals surface area (Å²) in [6.07, 6.45) is 5.23. The molecule has 5 heteroatoms. The van der Waals surface area contributed by atoms with Crippen molar-refractivity contribution in [3.05, 3.63) is 17.8 Å². The van der Waals surface area contributed by atoms with Crippen LogP contribution >= 0.6 is 0 Å². The van der Waals surface area contributed by atoms with Crippen molar-refractivity contribution in [3.8, 4) is 6.07 Å². The maximum Gasteiger partial charge on any atom is 0.149 e. The van der Waals surface area contributed by atoms with Crippen LogP contribution in [0.25, 0.3) is 0 Å². The zero-order valence-corrected chi connectivity index (χ0v) is 9.61. The number of aromatic nitrogens is 1. The number of nitrogens with zero attached hydrogens (tertiary/aromatic N) is 2. The lowest BCUT2D eigenvalue weighted by Crippen LogP contribution is -2.33. The molecule has 1 aliphatic carbocycles. The van der Waals surface area contributed by atoms with Gasteiger partial charge in [0.05, 0.1) is 16.9 Å². The number of nitrogen functional groups attached to an aromatic ring is 1. The standard InChI is InChI=1S/C12H16N4O/c13-6-9-5-10(14)11(15-7-9)16-8-12(17)3-1-2-4-12/h5,7,17H,1-4,8,14H2,(H,15,16). The highest BCUT2D eigenvalue weighted by Gasteiger charge is 2.30. The molecule has 0 aromatic carbocycles. The maximum absolute atomic E-state index is 10.2. The Balaban J connectivity index is 2.02. The Labute approximate surface area is 100 Å². The molecule has 90 valence electrons.